The van der Waals surface area contributed by atoms with E-state index in [0.29, 0.717) is 11.4 Å². The first-order valence-electron chi connectivity index (χ1n) is 3.25. The molecule has 2 atom stereocenters. The summed E-state index contributed by atoms with van der Waals surface area (Å²) >= 11 is 0. The molecule has 0 saturated heterocycles. The Labute approximate surface area is 56.8 Å². The second kappa shape index (κ2) is 0.836. The van der Waals surface area contributed by atoms with Gasteiger partial charge in [-0.25, -0.2) is 5.84 Å². The lowest BCUT2D eigenvalue weighted by molar-refractivity contribution is -0.588. The standard InChI is InChI=1S/C6H5N3O/c7-3-2-1-6(2)5(10)4(3)9(6)8/h2H,1H2,(H2-,7,8,10)/p+1. The molecule has 0 radical (unpaired) electrons. The number of hydrogen-bond acceptors (Lipinski definition) is 3. The molecule has 4 nitrogen and oxygen atoms in total. The topological polar surface area (TPSA) is 69.9 Å². The molecule has 2 saturated carbocycles. The molecule has 4 rings (SSSR count). The Balaban J connectivity index is 2.38. The molecule has 2 aliphatic carbocycles. The van der Waals surface area contributed by atoms with Gasteiger partial charge in [-0.05, 0) is 0 Å². The fourth-order valence-electron chi connectivity index (χ4n) is 2.10. The van der Waals surface area contributed by atoms with E-state index < -0.39 is 5.54 Å². The molecular weight excluding hydrogens is 130 g/mol. The maximum atomic E-state index is 11.1. The van der Waals surface area contributed by atoms with Crippen molar-refractivity contribution in [3.63, 3.8) is 0 Å². The number of hydrazone groups is 1. The number of rotatable bonds is 0. The molecule has 0 amide bonds. The van der Waals surface area contributed by atoms with Crippen LogP contribution < -0.4 is 5.84 Å². The Morgan fingerprint density at radius 1 is 1.80 bits per heavy atom. The number of carbonyl (C=O) groups is 1. The number of hydrogen-bond donors (Lipinski definition) is 2. The maximum absolute atomic E-state index is 11.1. The average Bonchev–Trinajstić information content (AvgIpc) is 2.56. The molecule has 1 spiro atoms. The summed E-state index contributed by atoms with van der Waals surface area (Å²) in [5, 5.41) is 7.42. The third kappa shape index (κ3) is 0.179. The second-order valence-corrected chi connectivity index (χ2v) is 3.14. The second-order valence-electron chi connectivity index (χ2n) is 3.14. The van der Waals surface area contributed by atoms with Gasteiger partial charge in [-0.3, -0.25) is 10.2 Å². The van der Waals surface area contributed by atoms with Crippen molar-refractivity contribution in [3.8, 4) is 0 Å². The quantitative estimate of drug-likeness (QED) is 0.320. The summed E-state index contributed by atoms with van der Waals surface area (Å²) in [7, 11) is 0. The number of Topliss-reactive ketones (excluding diaryl/α,β-unsaturated/α-hetero) is 1. The van der Waals surface area contributed by atoms with Gasteiger partial charge in [-0.2, -0.15) is 0 Å². The molecule has 2 heterocycles. The van der Waals surface area contributed by atoms with E-state index in [0.717, 1.165) is 6.42 Å². The van der Waals surface area contributed by atoms with E-state index in [9.17, 15) is 4.79 Å². The molecule has 50 valence electrons. The number of carbonyl (C=O) groups excluding carboxylic acids is 1. The van der Waals surface area contributed by atoms with E-state index in [-0.39, 0.29) is 11.7 Å². The van der Waals surface area contributed by atoms with E-state index in [1.807, 2.05) is 0 Å². The normalized spacial score (nSPS) is 47.4. The Bertz CT molecular complexity index is 320. The predicted octanol–water partition coefficient (Wildman–Crippen LogP) is -1.31. The molecule has 0 aromatic rings. The molecule has 2 unspecified atom stereocenters. The molecule has 10 heavy (non-hydrogen) atoms. The van der Waals surface area contributed by atoms with E-state index in [1.54, 1.807) is 0 Å². The van der Waals surface area contributed by atoms with Gasteiger partial charge in [0.25, 0.3) is 5.54 Å². The Hall–Kier alpha value is -1.19. The average molecular weight is 136 g/mol. The summed E-state index contributed by atoms with van der Waals surface area (Å²) in [6.07, 6.45) is 0.782. The Morgan fingerprint density at radius 2 is 2.50 bits per heavy atom. The highest BCUT2D eigenvalue weighted by Gasteiger charge is 2.88. The number of nitrogens with zero attached hydrogens (tertiary/aromatic N) is 1. The zero-order chi connectivity index (χ0) is 7.09. The van der Waals surface area contributed by atoms with Gasteiger partial charge in [0, 0.05) is 6.42 Å². The summed E-state index contributed by atoms with van der Waals surface area (Å²) in [5.41, 5.74) is 0.524. The number of nitrogens with two attached hydrogens (primary N) is 1. The summed E-state index contributed by atoms with van der Waals surface area (Å²) in [5.74, 6) is 5.77. The third-order valence-electron chi connectivity index (χ3n) is 2.81. The first-order valence-corrected chi connectivity index (χ1v) is 3.25. The van der Waals surface area contributed by atoms with Crippen molar-refractivity contribution in [1.82, 2.24) is 0 Å². The van der Waals surface area contributed by atoms with Crippen LogP contribution >= 0.6 is 0 Å². The van der Waals surface area contributed by atoms with Crippen LogP contribution in [0.4, 0.5) is 0 Å². The van der Waals surface area contributed by atoms with Crippen LogP contribution in [0.1, 0.15) is 6.42 Å². The van der Waals surface area contributed by atoms with Crippen molar-refractivity contribution in [1.29, 1.82) is 5.41 Å². The fourth-order valence-corrected chi connectivity index (χ4v) is 2.10. The van der Waals surface area contributed by atoms with Gasteiger partial charge in [0.05, 0.1) is 5.92 Å². The lowest BCUT2D eigenvalue weighted by Gasteiger charge is -2.12. The summed E-state index contributed by atoms with van der Waals surface area (Å²) in [6.45, 7) is 0. The predicted molar refractivity (Wildman–Crippen MR) is 33.0 cm³/mol. The van der Waals surface area contributed by atoms with Crippen molar-refractivity contribution in [2.75, 3.05) is 0 Å². The van der Waals surface area contributed by atoms with Crippen LogP contribution in [0.15, 0.2) is 0 Å². The molecule has 4 aliphatic rings. The molecule has 2 aliphatic heterocycles. The maximum Gasteiger partial charge on any atom is 0.304 e. The first kappa shape index (κ1) is 4.60. The van der Waals surface area contributed by atoms with Crippen molar-refractivity contribution < 1.29 is 9.48 Å². The van der Waals surface area contributed by atoms with E-state index in [4.69, 9.17) is 11.3 Å². The van der Waals surface area contributed by atoms with Crippen molar-refractivity contribution in [2.24, 2.45) is 11.8 Å². The van der Waals surface area contributed by atoms with Gasteiger partial charge in [0.1, 0.15) is 5.71 Å². The minimum Gasteiger partial charge on any atom is -0.298 e. The molecule has 2 bridgehead atoms. The lowest BCUT2D eigenvalue weighted by atomic mass is 10.0. The van der Waals surface area contributed by atoms with Crippen LogP contribution in [0.5, 0.6) is 0 Å². The number of nitrogens with one attached hydrogen (secondary N) is 1. The molecule has 0 aromatic heterocycles. The van der Waals surface area contributed by atoms with Crippen LogP contribution in [0.2, 0.25) is 0 Å². The van der Waals surface area contributed by atoms with E-state index in [2.05, 4.69) is 0 Å². The molecule has 0 aromatic carbocycles. The van der Waals surface area contributed by atoms with Crippen LogP contribution in [0.25, 0.3) is 0 Å². The van der Waals surface area contributed by atoms with Gasteiger partial charge < -0.3 is 0 Å². The minimum atomic E-state index is -0.396. The largest absolute Gasteiger partial charge is 0.304 e. The summed E-state index contributed by atoms with van der Waals surface area (Å²) in [4.78, 5) is 11.1. The highest BCUT2D eigenvalue weighted by Crippen LogP contribution is 2.57. The SMILES string of the molecule is N=C1C2=[N+](N)C3(CC13)C2=O. The molecule has 3 N–H and O–H groups in total. The Morgan fingerprint density at radius 3 is 2.60 bits per heavy atom. The van der Waals surface area contributed by atoms with Gasteiger partial charge in [-0.1, -0.05) is 4.68 Å². The third-order valence-corrected chi connectivity index (χ3v) is 2.81. The number of hydrazine groups is 1. The number of ketones is 1. The van der Waals surface area contributed by atoms with Gasteiger partial charge in [0.2, 0.25) is 0 Å². The van der Waals surface area contributed by atoms with E-state index >= 15 is 0 Å². The zero-order valence-corrected chi connectivity index (χ0v) is 5.22. The molecular formula is C6H6N3O+. The van der Waals surface area contributed by atoms with Crippen molar-refractivity contribution >= 4 is 17.2 Å². The van der Waals surface area contributed by atoms with Crippen LogP contribution in [-0.4, -0.2) is 27.4 Å². The highest BCUT2D eigenvalue weighted by molar-refractivity contribution is 6.75. The van der Waals surface area contributed by atoms with Crippen LogP contribution in [0.3, 0.4) is 0 Å². The summed E-state index contributed by atoms with van der Waals surface area (Å²) < 4.78 is 1.47. The van der Waals surface area contributed by atoms with Crippen molar-refractivity contribution in [3.05, 3.63) is 0 Å². The zero-order valence-electron chi connectivity index (χ0n) is 5.22. The van der Waals surface area contributed by atoms with E-state index in [1.165, 1.54) is 4.68 Å². The first-order chi connectivity index (χ1) is 4.69. The van der Waals surface area contributed by atoms with Crippen molar-refractivity contribution in [2.45, 2.75) is 12.0 Å². The monoisotopic (exact) mass is 136 g/mol. The molecule has 2 fully saturated rings. The van der Waals surface area contributed by atoms with Crippen LogP contribution in [0, 0.1) is 11.3 Å². The molecule has 4 heteroatoms. The van der Waals surface area contributed by atoms with Gasteiger partial charge >= 0.3 is 11.5 Å². The van der Waals surface area contributed by atoms with Gasteiger partial charge in [-0.15, -0.1) is 0 Å². The van der Waals surface area contributed by atoms with Crippen LogP contribution in [-0.2, 0) is 4.79 Å². The summed E-state index contributed by atoms with van der Waals surface area (Å²) in [6, 6.07) is 0. The lowest BCUT2D eigenvalue weighted by Crippen LogP contribution is -2.56. The Kier molecular flexibility index (Phi) is 0.385. The highest BCUT2D eigenvalue weighted by atomic mass is 16.1. The van der Waals surface area contributed by atoms with Gasteiger partial charge in [0.15, 0.2) is 0 Å². The smallest absolute Gasteiger partial charge is 0.298 e. The fraction of sp³-hybridized carbons (Fsp3) is 0.500. The minimum absolute atomic E-state index is 0.102.